The molecule has 312 valence electrons. The molecule has 0 radical (unpaired) electrons. The van der Waals surface area contributed by atoms with E-state index in [0.29, 0.717) is 30.8 Å². The number of nitrogens with zero attached hydrogens (tertiary/aromatic N) is 6. The summed E-state index contributed by atoms with van der Waals surface area (Å²) in [7, 11) is 0. The first-order chi connectivity index (χ1) is 28.4. The largest absolute Gasteiger partial charge is 0.512 e. The monoisotopic (exact) mass is 836 g/mol. The summed E-state index contributed by atoms with van der Waals surface area (Å²) < 4.78 is 73.7. The van der Waals surface area contributed by atoms with Gasteiger partial charge in [-0.25, -0.2) is 32.4 Å². The van der Waals surface area contributed by atoms with Gasteiger partial charge in [-0.05, 0) is 63.2 Å². The smallest absolute Gasteiger partial charge is 0.422 e. The number of aromatic nitrogens is 3. The Morgan fingerprint density at radius 3 is 2.46 bits per heavy atom. The number of thioether (sulfide) groups is 1. The number of amides is 1. The Kier molecular flexibility index (Phi) is 14.6. The number of carbonyl (C=O) groups is 3. The molecule has 0 aliphatic carbocycles. The molecule has 0 bridgehead atoms. The van der Waals surface area contributed by atoms with Crippen LogP contribution in [0.25, 0.3) is 6.08 Å². The quantitative estimate of drug-likeness (QED) is 0.0819. The van der Waals surface area contributed by atoms with E-state index in [9.17, 15) is 23.2 Å². The maximum atomic E-state index is 15.8. The lowest BCUT2D eigenvalue weighted by atomic mass is 9.89. The second-order valence-electron chi connectivity index (χ2n) is 14.1. The topological polar surface area (TPSA) is 158 Å². The van der Waals surface area contributed by atoms with Crippen LogP contribution in [0, 0.1) is 28.8 Å². The number of benzene rings is 2. The lowest BCUT2D eigenvalue weighted by Gasteiger charge is -2.43. The summed E-state index contributed by atoms with van der Waals surface area (Å²) in [5, 5.41) is 11.9. The van der Waals surface area contributed by atoms with Crippen LogP contribution in [0.2, 0.25) is 0 Å². The van der Waals surface area contributed by atoms with Gasteiger partial charge in [-0.2, -0.15) is 10.4 Å². The Balaban J connectivity index is 1.09. The van der Waals surface area contributed by atoms with Gasteiger partial charge in [0.05, 0.1) is 36.6 Å². The average molecular weight is 837 g/mol. The van der Waals surface area contributed by atoms with E-state index in [1.165, 1.54) is 54.2 Å². The van der Waals surface area contributed by atoms with Gasteiger partial charge in [-0.3, -0.25) is 9.69 Å². The maximum Gasteiger partial charge on any atom is 0.512 e. The van der Waals surface area contributed by atoms with Crippen LogP contribution in [0.4, 0.5) is 18.0 Å². The van der Waals surface area contributed by atoms with Crippen molar-refractivity contribution in [1.29, 1.82) is 5.26 Å². The van der Waals surface area contributed by atoms with Crippen LogP contribution >= 0.6 is 11.8 Å². The highest BCUT2D eigenvalue weighted by Gasteiger charge is 2.47. The van der Waals surface area contributed by atoms with Gasteiger partial charge in [0.15, 0.2) is 11.9 Å². The first kappa shape index (κ1) is 43.1. The summed E-state index contributed by atoms with van der Waals surface area (Å²) in [5.74, 6) is -3.69. The summed E-state index contributed by atoms with van der Waals surface area (Å²) in [6, 6.07) is 9.21. The number of carbonyl (C=O) groups excluding carboxylic acids is 3. The Bertz CT molecular complexity index is 2080. The van der Waals surface area contributed by atoms with Crippen molar-refractivity contribution >= 4 is 35.9 Å². The molecule has 3 atom stereocenters. The first-order valence-electron chi connectivity index (χ1n) is 18.9. The summed E-state index contributed by atoms with van der Waals surface area (Å²) >= 11 is 1.25. The molecule has 3 aromatic rings. The molecule has 3 aliphatic heterocycles. The minimum absolute atomic E-state index is 0.160. The van der Waals surface area contributed by atoms with Crippen molar-refractivity contribution in [1.82, 2.24) is 24.6 Å². The fraction of sp³-hybridized carbons (Fsp3) is 0.415. The lowest BCUT2D eigenvalue weighted by Crippen LogP contribution is -2.60. The number of allylic oxidation sites excluding steroid dienone is 2. The Morgan fingerprint density at radius 2 is 1.78 bits per heavy atom. The number of likely N-dealkylation sites (tertiary alicyclic amines) is 2. The highest BCUT2D eigenvalue weighted by molar-refractivity contribution is 8.00. The number of hydrogen-bond donors (Lipinski definition) is 0. The highest BCUT2D eigenvalue weighted by atomic mass is 32.2. The summed E-state index contributed by atoms with van der Waals surface area (Å²) in [4.78, 5) is 46.6. The minimum atomic E-state index is -1.92. The van der Waals surface area contributed by atoms with E-state index in [4.69, 9.17) is 28.9 Å². The number of rotatable bonds is 15. The molecule has 3 unspecified atom stereocenters. The summed E-state index contributed by atoms with van der Waals surface area (Å²) in [6.45, 7) is 6.16. The Labute approximate surface area is 343 Å². The van der Waals surface area contributed by atoms with E-state index < -0.39 is 53.0 Å². The lowest BCUT2D eigenvalue weighted by molar-refractivity contribution is -0.166. The molecule has 2 aromatic carbocycles. The summed E-state index contributed by atoms with van der Waals surface area (Å²) in [5.41, 5.74) is -1.60. The molecule has 59 heavy (non-hydrogen) atoms. The Hall–Kier alpha value is -5.48. The van der Waals surface area contributed by atoms with Crippen LogP contribution in [-0.2, 0) is 45.4 Å². The van der Waals surface area contributed by atoms with Crippen LogP contribution in [0.15, 0.2) is 79.4 Å². The molecule has 0 spiro atoms. The molecule has 6 rings (SSSR count). The fourth-order valence-electron chi connectivity index (χ4n) is 6.88. The van der Waals surface area contributed by atoms with Gasteiger partial charge in [0.1, 0.15) is 30.1 Å². The molecule has 0 saturated carbocycles. The molecular formula is C41H43F3N6O8S. The van der Waals surface area contributed by atoms with Crippen LogP contribution in [-0.4, -0.2) is 111 Å². The van der Waals surface area contributed by atoms with E-state index in [2.05, 4.69) is 15.0 Å². The molecule has 4 heterocycles. The first-order valence-corrected chi connectivity index (χ1v) is 19.9. The SMILES string of the molecule is CC(OC(=O)C=CC(=O)N1CC(N2CCCC2)C1)OC(=O)OC(Cn1cncn1)(c1ccc(F)cc1F)C(C)SC1COC(C=CC=Cc2ccc(C#N)cc2F)OC1. The van der Waals surface area contributed by atoms with Crippen molar-refractivity contribution in [3.8, 4) is 6.07 Å². The van der Waals surface area contributed by atoms with Gasteiger partial charge in [-0.15, -0.1) is 11.8 Å². The third-order valence-corrected chi connectivity index (χ3v) is 11.4. The van der Waals surface area contributed by atoms with Crippen molar-refractivity contribution in [3.05, 3.63) is 114 Å². The predicted molar refractivity (Wildman–Crippen MR) is 207 cm³/mol. The van der Waals surface area contributed by atoms with E-state index in [0.717, 1.165) is 56.3 Å². The molecule has 1 amide bonds. The molecule has 0 N–H and O–H groups in total. The molecule has 14 nitrogen and oxygen atoms in total. The number of ether oxygens (including phenoxy) is 5. The third-order valence-electron chi connectivity index (χ3n) is 9.98. The van der Waals surface area contributed by atoms with Gasteiger partial charge >= 0.3 is 12.1 Å². The highest BCUT2D eigenvalue weighted by Crippen LogP contribution is 2.42. The summed E-state index contributed by atoms with van der Waals surface area (Å²) in [6.07, 6.45) is 9.73. The molecule has 1 aromatic heterocycles. The number of hydrogen-bond acceptors (Lipinski definition) is 13. The average Bonchev–Trinajstić information content (AvgIpc) is 3.91. The predicted octanol–water partition coefficient (Wildman–Crippen LogP) is 5.50. The van der Waals surface area contributed by atoms with Gasteiger partial charge in [-0.1, -0.05) is 24.3 Å². The molecule has 3 saturated heterocycles. The van der Waals surface area contributed by atoms with Gasteiger partial charge in [0, 0.05) is 60.7 Å². The number of esters is 1. The van der Waals surface area contributed by atoms with Crippen LogP contribution in [0.3, 0.4) is 0 Å². The zero-order valence-corrected chi connectivity index (χ0v) is 33.1. The van der Waals surface area contributed by atoms with Crippen LogP contribution in [0.1, 0.15) is 43.4 Å². The normalized spacial score (nSPS) is 20.9. The van der Waals surface area contributed by atoms with E-state index >= 15 is 4.39 Å². The molecule has 18 heteroatoms. The number of halogens is 3. The third kappa shape index (κ3) is 11.4. The van der Waals surface area contributed by atoms with Crippen molar-refractivity contribution in [2.75, 3.05) is 39.4 Å². The second-order valence-corrected chi connectivity index (χ2v) is 15.7. The van der Waals surface area contributed by atoms with Crippen molar-refractivity contribution in [3.63, 3.8) is 0 Å². The Morgan fingerprint density at radius 1 is 1.02 bits per heavy atom. The van der Waals surface area contributed by atoms with E-state index in [-0.39, 0.29) is 42.0 Å². The zero-order chi connectivity index (χ0) is 41.9. The minimum Gasteiger partial charge on any atom is -0.422 e. The second kappa shape index (κ2) is 20.0. The molecule has 3 aliphatic rings. The molecular weight excluding hydrogens is 794 g/mol. The van der Waals surface area contributed by atoms with Crippen LogP contribution < -0.4 is 0 Å². The van der Waals surface area contributed by atoms with Crippen molar-refractivity contribution in [2.45, 2.75) is 68.0 Å². The van der Waals surface area contributed by atoms with Crippen molar-refractivity contribution in [2.24, 2.45) is 0 Å². The van der Waals surface area contributed by atoms with Crippen molar-refractivity contribution < 1.29 is 51.2 Å². The number of nitriles is 1. The molecule has 3 fully saturated rings. The van der Waals surface area contributed by atoms with Gasteiger partial charge < -0.3 is 28.6 Å². The fourth-order valence-corrected chi connectivity index (χ4v) is 8.24. The van der Waals surface area contributed by atoms with Gasteiger partial charge in [0.2, 0.25) is 12.2 Å². The maximum absolute atomic E-state index is 15.8. The zero-order valence-electron chi connectivity index (χ0n) is 32.3. The van der Waals surface area contributed by atoms with E-state index in [1.807, 2.05) is 6.07 Å². The standard InChI is InChI=1S/C41H43F3N6O8S/c1-27(59-33-22-54-39(55-23-33)8-4-3-7-30-10-9-29(19-45)17-35(30)43)41(24-50-26-46-25-47-50,34-12-11-31(42)18-36(34)44)58-40(53)57-28(2)56-38(52)14-13-37(51)49-20-32(21-49)48-15-5-6-16-48/h3-4,7-14,17-18,25-28,32-33,39H,5-6,15-16,20-24H2,1-2H3. The van der Waals surface area contributed by atoms with Gasteiger partial charge in [0.25, 0.3) is 0 Å². The van der Waals surface area contributed by atoms with Crippen LogP contribution in [0.5, 0.6) is 0 Å². The van der Waals surface area contributed by atoms with E-state index in [1.54, 1.807) is 30.1 Å².